The SMILES string of the molecule is CC(C)C[C@@H](N)COc1cnc2ccccc2c1. The summed E-state index contributed by atoms with van der Waals surface area (Å²) in [6, 6.07) is 10.1. The number of benzene rings is 1. The molecule has 1 atom stereocenters. The van der Waals surface area contributed by atoms with E-state index in [1.54, 1.807) is 6.20 Å². The van der Waals surface area contributed by atoms with E-state index in [2.05, 4.69) is 18.8 Å². The molecule has 3 nitrogen and oxygen atoms in total. The highest BCUT2D eigenvalue weighted by Crippen LogP contribution is 2.18. The third-order valence-electron chi connectivity index (χ3n) is 2.80. The Morgan fingerprint density at radius 3 is 2.83 bits per heavy atom. The lowest BCUT2D eigenvalue weighted by Crippen LogP contribution is -2.29. The molecule has 0 saturated heterocycles. The lowest BCUT2D eigenvalue weighted by Gasteiger charge is -2.15. The smallest absolute Gasteiger partial charge is 0.138 e. The van der Waals surface area contributed by atoms with Crippen LogP contribution in [-0.2, 0) is 0 Å². The van der Waals surface area contributed by atoms with Gasteiger partial charge in [0, 0.05) is 11.4 Å². The molecule has 0 aliphatic rings. The Kier molecular flexibility index (Phi) is 4.15. The quantitative estimate of drug-likeness (QED) is 0.879. The Morgan fingerprint density at radius 2 is 2.06 bits per heavy atom. The molecule has 96 valence electrons. The predicted octanol–water partition coefficient (Wildman–Crippen LogP) is 2.99. The molecule has 3 heteroatoms. The molecule has 1 aromatic heterocycles. The van der Waals surface area contributed by atoms with Crippen LogP contribution in [0.3, 0.4) is 0 Å². The first-order chi connectivity index (χ1) is 8.65. The van der Waals surface area contributed by atoms with Crippen LogP contribution >= 0.6 is 0 Å². The van der Waals surface area contributed by atoms with Crippen molar-refractivity contribution in [1.29, 1.82) is 0 Å². The number of nitrogens with two attached hydrogens (primary N) is 1. The predicted molar refractivity (Wildman–Crippen MR) is 74.7 cm³/mol. The standard InChI is InChI=1S/C15H20N2O/c1-11(2)7-13(16)10-18-14-8-12-5-3-4-6-15(12)17-9-14/h3-6,8-9,11,13H,7,10,16H2,1-2H3/t13-/m1/s1. The summed E-state index contributed by atoms with van der Waals surface area (Å²) in [5.41, 5.74) is 6.97. The van der Waals surface area contributed by atoms with Gasteiger partial charge in [-0.3, -0.25) is 4.98 Å². The van der Waals surface area contributed by atoms with Crippen LogP contribution in [0.5, 0.6) is 5.75 Å². The van der Waals surface area contributed by atoms with Gasteiger partial charge in [0.25, 0.3) is 0 Å². The van der Waals surface area contributed by atoms with E-state index in [9.17, 15) is 0 Å². The summed E-state index contributed by atoms with van der Waals surface area (Å²) in [5, 5.41) is 1.09. The number of hydrogen-bond donors (Lipinski definition) is 1. The topological polar surface area (TPSA) is 48.1 Å². The fourth-order valence-corrected chi connectivity index (χ4v) is 2.01. The Hall–Kier alpha value is -1.61. The largest absolute Gasteiger partial charge is 0.490 e. The normalized spacial score (nSPS) is 12.9. The van der Waals surface area contributed by atoms with Gasteiger partial charge in [0.05, 0.1) is 11.7 Å². The third kappa shape index (κ3) is 3.44. The van der Waals surface area contributed by atoms with Crippen LogP contribution < -0.4 is 10.5 Å². The lowest BCUT2D eigenvalue weighted by atomic mass is 10.1. The zero-order chi connectivity index (χ0) is 13.0. The molecule has 0 aliphatic carbocycles. The van der Waals surface area contributed by atoms with Gasteiger partial charge < -0.3 is 10.5 Å². The monoisotopic (exact) mass is 244 g/mol. The minimum Gasteiger partial charge on any atom is -0.490 e. The van der Waals surface area contributed by atoms with Gasteiger partial charge in [0.15, 0.2) is 0 Å². The van der Waals surface area contributed by atoms with E-state index in [-0.39, 0.29) is 6.04 Å². The van der Waals surface area contributed by atoms with Crippen LogP contribution in [0.15, 0.2) is 36.5 Å². The van der Waals surface area contributed by atoms with Crippen molar-refractivity contribution < 1.29 is 4.74 Å². The number of hydrogen-bond acceptors (Lipinski definition) is 3. The van der Waals surface area contributed by atoms with E-state index in [1.165, 1.54) is 0 Å². The van der Waals surface area contributed by atoms with Gasteiger partial charge in [-0.05, 0) is 24.5 Å². The molecule has 2 N–H and O–H groups in total. The summed E-state index contributed by atoms with van der Waals surface area (Å²) in [7, 11) is 0. The van der Waals surface area contributed by atoms with Gasteiger partial charge >= 0.3 is 0 Å². The maximum atomic E-state index is 5.99. The minimum absolute atomic E-state index is 0.0801. The van der Waals surface area contributed by atoms with E-state index in [1.807, 2.05) is 30.3 Å². The molecule has 0 saturated carbocycles. The zero-order valence-electron chi connectivity index (χ0n) is 11.0. The molecule has 0 spiro atoms. The zero-order valence-corrected chi connectivity index (χ0v) is 11.0. The number of nitrogens with zero attached hydrogens (tertiary/aromatic N) is 1. The second-order valence-corrected chi connectivity index (χ2v) is 5.06. The van der Waals surface area contributed by atoms with Gasteiger partial charge in [0.2, 0.25) is 0 Å². The van der Waals surface area contributed by atoms with Gasteiger partial charge in [-0.15, -0.1) is 0 Å². The maximum absolute atomic E-state index is 5.99. The average Bonchev–Trinajstić information content (AvgIpc) is 2.35. The van der Waals surface area contributed by atoms with Gasteiger partial charge in [-0.2, -0.15) is 0 Å². The molecule has 0 aliphatic heterocycles. The number of rotatable bonds is 5. The molecule has 0 amide bonds. The molecule has 2 aromatic rings. The summed E-state index contributed by atoms with van der Waals surface area (Å²) in [6.45, 7) is 4.87. The molecular weight excluding hydrogens is 224 g/mol. The van der Waals surface area contributed by atoms with Crippen LogP contribution in [0, 0.1) is 5.92 Å². The van der Waals surface area contributed by atoms with Crippen molar-refractivity contribution in [2.24, 2.45) is 11.7 Å². The van der Waals surface area contributed by atoms with Crippen LogP contribution in [0.2, 0.25) is 0 Å². The van der Waals surface area contributed by atoms with Crippen molar-refractivity contribution in [2.75, 3.05) is 6.61 Å². The second kappa shape index (κ2) is 5.83. The summed E-state index contributed by atoms with van der Waals surface area (Å²) in [4.78, 5) is 4.35. The third-order valence-corrected chi connectivity index (χ3v) is 2.80. The van der Waals surface area contributed by atoms with Crippen molar-refractivity contribution in [3.8, 4) is 5.75 Å². The first-order valence-electron chi connectivity index (χ1n) is 6.38. The summed E-state index contributed by atoms with van der Waals surface area (Å²) < 4.78 is 5.69. The Bertz CT molecular complexity index is 511. The maximum Gasteiger partial charge on any atom is 0.138 e. The molecule has 1 aromatic carbocycles. The van der Waals surface area contributed by atoms with Gasteiger partial charge in [0.1, 0.15) is 12.4 Å². The molecule has 18 heavy (non-hydrogen) atoms. The van der Waals surface area contributed by atoms with Crippen LogP contribution in [0.4, 0.5) is 0 Å². The number of aromatic nitrogens is 1. The van der Waals surface area contributed by atoms with E-state index >= 15 is 0 Å². The molecule has 1 heterocycles. The summed E-state index contributed by atoms with van der Waals surface area (Å²) in [5.74, 6) is 1.38. The summed E-state index contributed by atoms with van der Waals surface area (Å²) >= 11 is 0. The van der Waals surface area contributed by atoms with Gasteiger partial charge in [-0.1, -0.05) is 32.0 Å². The molecule has 0 fully saturated rings. The fourth-order valence-electron chi connectivity index (χ4n) is 2.01. The highest BCUT2D eigenvalue weighted by Gasteiger charge is 2.06. The molecule has 0 unspecified atom stereocenters. The molecular formula is C15H20N2O. The first-order valence-corrected chi connectivity index (χ1v) is 6.38. The number of para-hydroxylation sites is 1. The van der Waals surface area contributed by atoms with Crippen LogP contribution in [-0.4, -0.2) is 17.6 Å². The lowest BCUT2D eigenvalue weighted by molar-refractivity contribution is 0.270. The molecule has 0 bridgehead atoms. The van der Waals surface area contributed by atoms with Crippen molar-refractivity contribution in [2.45, 2.75) is 26.3 Å². The van der Waals surface area contributed by atoms with Crippen molar-refractivity contribution >= 4 is 10.9 Å². The van der Waals surface area contributed by atoms with Crippen LogP contribution in [0.1, 0.15) is 20.3 Å². The Labute approximate surface area is 108 Å². The van der Waals surface area contributed by atoms with Crippen LogP contribution in [0.25, 0.3) is 10.9 Å². The second-order valence-electron chi connectivity index (χ2n) is 5.06. The van der Waals surface area contributed by atoms with Crippen molar-refractivity contribution in [3.63, 3.8) is 0 Å². The Balaban J connectivity index is 1.99. The number of ether oxygens (including phenoxy) is 1. The average molecular weight is 244 g/mol. The van der Waals surface area contributed by atoms with E-state index in [0.717, 1.165) is 23.1 Å². The van der Waals surface area contributed by atoms with E-state index < -0.39 is 0 Å². The van der Waals surface area contributed by atoms with E-state index in [4.69, 9.17) is 10.5 Å². The fraction of sp³-hybridized carbons (Fsp3) is 0.400. The highest BCUT2D eigenvalue weighted by molar-refractivity contribution is 5.79. The Morgan fingerprint density at radius 1 is 1.28 bits per heavy atom. The summed E-state index contributed by atoms with van der Waals surface area (Å²) in [6.07, 6.45) is 2.73. The van der Waals surface area contributed by atoms with E-state index in [0.29, 0.717) is 12.5 Å². The highest BCUT2D eigenvalue weighted by atomic mass is 16.5. The van der Waals surface area contributed by atoms with Crippen molar-refractivity contribution in [1.82, 2.24) is 4.98 Å². The molecule has 2 rings (SSSR count). The number of fused-ring (bicyclic) bond motifs is 1. The number of pyridine rings is 1. The van der Waals surface area contributed by atoms with Gasteiger partial charge in [-0.25, -0.2) is 0 Å². The van der Waals surface area contributed by atoms with Crippen molar-refractivity contribution in [3.05, 3.63) is 36.5 Å². The molecule has 0 radical (unpaired) electrons. The first kappa shape index (κ1) is 12.8. The minimum atomic E-state index is 0.0801.